The number of benzene rings is 2. The Hall–Kier alpha value is -3.28. The zero-order valence-corrected chi connectivity index (χ0v) is 18.2. The highest BCUT2D eigenvalue weighted by atomic mass is 16.5. The maximum Gasteiger partial charge on any atom is 0.193 e. The number of likely N-dealkylation sites (N-methyl/N-ethyl adjacent to an activating group) is 1. The van der Waals surface area contributed by atoms with Crippen LogP contribution >= 0.6 is 0 Å². The number of ether oxygens (including phenoxy) is 2. The summed E-state index contributed by atoms with van der Waals surface area (Å²) >= 11 is 0. The second-order valence-electron chi connectivity index (χ2n) is 7.08. The van der Waals surface area contributed by atoms with Gasteiger partial charge in [-0.3, -0.25) is 9.98 Å². The van der Waals surface area contributed by atoms with Crippen molar-refractivity contribution >= 4 is 16.9 Å². The number of pyridine rings is 1. The molecule has 1 heterocycles. The topological polar surface area (TPSA) is 59.0 Å². The van der Waals surface area contributed by atoms with Crippen LogP contribution in [-0.2, 0) is 12.8 Å². The number of aromatic nitrogens is 1. The van der Waals surface area contributed by atoms with Crippen LogP contribution < -0.4 is 14.8 Å². The predicted molar refractivity (Wildman–Crippen MR) is 123 cm³/mol. The van der Waals surface area contributed by atoms with E-state index in [2.05, 4.69) is 57.6 Å². The predicted octanol–water partition coefficient (Wildman–Crippen LogP) is 3.54. The van der Waals surface area contributed by atoms with Gasteiger partial charge in [0.25, 0.3) is 0 Å². The molecular formula is C24H30N4O2. The zero-order valence-electron chi connectivity index (χ0n) is 18.2. The average Bonchev–Trinajstić information content (AvgIpc) is 2.80. The Morgan fingerprint density at radius 1 is 1.03 bits per heavy atom. The number of rotatable bonds is 8. The van der Waals surface area contributed by atoms with Crippen molar-refractivity contribution in [2.24, 2.45) is 4.99 Å². The van der Waals surface area contributed by atoms with Gasteiger partial charge in [-0.2, -0.15) is 0 Å². The van der Waals surface area contributed by atoms with Crippen LogP contribution in [0.5, 0.6) is 11.5 Å². The van der Waals surface area contributed by atoms with E-state index in [1.54, 1.807) is 14.2 Å². The maximum atomic E-state index is 5.40. The van der Waals surface area contributed by atoms with E-state index in [1.807, 2.05) is 31.4 Å². The minimum atomic E-state index is 0.745. The summed E-state index contributed by atoms with van der Waals surface area (Å²) in [6, 6.07) is 16.4. The monoisotopic (exact) mass is 406 g/mol. The van der Waals surface area contributed by atoms with Crippen molar-refractivity contribution in [3.05, 3.63) is 65.9 Å². The molecule has 30 heavy (non-hydrogen) atoms. The first kappa shape index (κ1) is 21.4. The molecule has 0 aliphatic carbocycles. The first-order chi connectivity index (χ1) is 14.7. The van der Waals surface area contributed by atoms with Crippen LogP contribution in [0.2, 0.25) is 0 Å². The van der Waals surface area contributed by atoms with E-state index in [4.69, 9.17) is 9.47 Å². The first-order valence-electron chi connectivity index (χ1n) is 10.1. The molecule has 0 bridgehead atoms. The van der Waals surface area contributed by atoms with Crippen molar-refractivity contribution in [1.29, 1.82) is 0 Å². The Balaban J connectivity index is 1.54. The van der Waals surface area contributed by atoms with Gasteiger partial charge in [0.15, 0.2) is 17.5 Å². The van der Waals surface area contributed by atoms with Crippen LogP contribution in [0, 0.1) is 0 Å². The summed E-state index contributed by atoms with van der Waals surface area (Å²) in [4.78, 5) is 11.1. The van der Waals surface area contributed by atoms with Crippen LogP contribution in [-0.4, -0.2) is 57.2 Å². The van der Waals surface area contributed by atoms with E-state index in [9.17, 15) is 0 Å². The Labute approximate surface area is 178 Å². The smallest absolute Gasteiger partial charge is 0.193 e. The normalized spacial score (nSPS) is 11.4. The lowest BCUT2D eigenvalue weighted by atomic mass is 10.1. The number of nitrogens with one attached hydrogen (secondary N) is 1. The SMILES string of the molecule is CN=C(NCCc1cccc2cccnc12)N(C)CCc1ccc(OC)c(OC)c1. The molecule has 0 saturated carbocycles. The lowest BCUT2D eigenvalue weighted by Crippen LogP contribution is -2.40. The summed E-state index contributed by atoms with van der Waals surface area (Å²) in [5, 5.41) is 4.64. The fraction of sp³-hybridized carbons (Fsp3) is 0.333. The summed E-state index contributed by atoms with van der Waals surface area (Å²) in [5.41, 5.74) is 3.50. The van der Waals surface area contributed by atoms with Gasteiger partial charge in [0, 0.05) is 38.8 Å². The largest absolute Gasteiger partial charge is 0.493 e. The van der Waals surface area contributed by atoms with Gasteiger partial charge < -0.3 is 19.7 Å². The number of para-hydroxylation sites is 1. The molecule has 0 spiro atoms. The van der Waals surface area contributed by atoms with Crippen molar-refractivity contribution in [3.63, 3.8) is 0 Å². The van der Waals surface area contributed by atoms with Gasteiger partial charge in [-0.05, 0) is 42.2 Å². The minimum Gasteiger partial charge on any atom is -0.493 e. The number of guanidine groups is 1. The Morgan fingerprint density at radius 3 is 2.60 bits per heavy atom. The van der Waals surface area contributed by atoms with Crippen molar-refractivity contribution in [3.8, 4) is 11.5 Å². The standard InChI is InChI=1S/C24H30N4O2/c1-25-24(27-15-12-20-8-5-7-19-9-6-14-26-23(19)20)28(2)16-13-18-10-11-21(29-3)22(17-18)30-4/h5-11,14,17H,12-13,15-16H2,1-4H3,(H,25,27). The van der Waals surface area contributed by atoms with Gasteiger partial charge in [0.05, 0.1) is 19.7 Å². The highest BCUT2D eigenvalue weighted by molar-refractivity contribution is 5.82. The van der Waals surface area contributed by atoms with E-state index in [-0.39, 0.29) is 0 Å². The van der Waals surface area contributed by atoms with Crippen molar-refractivity contribution in [1.82, 2.24) is 15.2 Å². The lowest BCUT2D eigenvalue weighted by Gasteiger charge is -2.22. The Kier molecular flexibility index (Phi) is 7.49. The number of nitrogens with zero attached hydrogens (tertiary/aromatic N) is 3. The highest BCUT2D eigenvalue weighted by Crippen LogP contribution is 2.27. The van der Waals surface area contributed by atoms with Crippen molar-refractivity contribution in [2.45, 2.75) is 12.8 Å². The zero-order chi connectivity index (χ0) is 21.3. The summed E-state index contributed by atoms with van der Waals surface area (Å²) in [6.45, 7) is 1.63. The van der Waals surface area contributed by atoms with Gasteiger partial charge in [-0.15, -0.1) is 0 Å². The third-order valence-corrected chi connectivity index (χ3v) is 5.15. The van der Waals surface area contributed by atoms with Crippen LogP contribution in [0.25, 0.3) is 10.9 Å². The first-order valence-corrected chi connectivity index (χ1v) is 10.1. The van der Waals surface area contributed by atoms with E-state index < -0.39 is 0 Å². The van der Waals surface area contributed by atoms with Gasteiger partial charge in [-0.1, -0.05) is 30.3 Å². The number of hydrogen-bond acceptors (Lipinski definition) is 4. The number of methoxy groups -OCH3 is 2. The lowest BCUT2D eigenvalue weighted by molar-refractivity contribution is 0.354. The third kappa shape index (κ3) is 5.20. The van der Waals surface area contributed by atoms with Gasteiger partial charge in [0.1, 0.15) is 0 Å². The highest BCUT2D eigenvalue weighted by Gasteiger charge is 2.09. The molecule has 0 amide bonds. The van der Waals surface area contributed by atoms with Crippen LogP contribution in [0.3, 0.4) is 0 Å². The van der Waals surface area contributed by atoms with Gasteiger partial charge in [0.2, 0.25) is 0 Å². The molecule has 6 nitrogen and oxygen atoms in total. The van der Waals surface area contributed by atoms with E-state index in [0.717, 1.165) is 48.9 Å². The summed E-state index contributed by atoms with van der Waals surface area (Å²) < 4.78 is 10.7. The van der Waals surface area contributed by atoms with Crippen LogP contribution in [0.4, 0.5) is 0 Å². The molecule has 6 heteroatoms. The molecule has 3 aromatic rings. The molecule has 3 rings (SSSR count). The molecule has 2 aromatic carbocycles. The molecule has 0 fully saturated rings. The summed E-state index contributed by atoms with van der Waals surface area (Å²) in [7, 11) is 7.17. The molecular weight excluding hydrogens is 376 g/mol. The van der Waals surface area contributed by atoms with Gasteiger partial charge in [-0.25, -0.2) is 0 Å². The summed E-state index contributed by atoms with van der Waals surface area (Å²) in [6.07, 6.45) is 3.61. The molecule has 158 valence electrons. The Bertz CT molecular complexity index is 998. The van der Waals surface area contributed by atoms with Crippen LogP contribution in [0.15, 0.2) is 59.7 Å². The summed E-state index contributed by atoms with van der Waals surface area (Å²) in [5.74, 6) is 2.38. The van der Waals surface area contributed by atoms with E-state index in [0.29, 0.717) is 0 Å². The molecule has 0 radical (unpaired) electrons. The molecule has 0 aliphatic heterocycles. The quantitative estimate of drug-likeness (QED) is 0.458. The molecule has 1 aromatic heterocycles. The van der Waals surface area contributed by atoms with E-state index >= 15 is 0 Å². The molecule has 0 aliphatic rings. The maximum absolute atomic E-state index is 5.40. The van der Waals surface area contributed by atoms with Crippen LogP contribution in [0.1, 0.15) is 11.1 Å². The van der Waals surface area contributed by atoms with Gasteiger partial charge >= 0.3 is 0 Å². The number of fused-ring (bicyclic) bond motifs is 1. The molecule has 0 unspecified atom stereocenters. The molecule has 1 N–H and O–H groups in total. The fourth-order valence-corrected chi connectivity index (χ4v) is 3.50. The molecule has 0 saturated heterocycles. The number of aliphatic imine (C=N–C) groups is 1. The second-order valence-corrected chi connectivity index (χ2v) is 7.08. The Morgan fingerprint density at radius 2 is 1.83 bits per heavy atom. The number of hydrogen-bond donors (Lipinski definition) is 1. The van der Waals surface area contributed by atoms with Crippen molar-refractivity contribution < 1.29 is 9.47 Å². The molecule has 0 atom stereocenters. The van der Waals surface area contributed by atoms with E-state index in [1.165, 1.54) is 16.5 Å². The minimum absolute atomic E-state index is 0.745. The second kappa shape index (κ2) is 10.5. The third-order valence-electron chi connectivity index (χ3n) is 5.15. The fourth-order valence-electron chi connectivity index (χ4n) is 3.50. The van der Waals surface area contributed by atoms with Crippen molar-refractivity contribution in [2.75, 3.05) is 41.4 Å². The average molecular weight is 407 g/mol.